The Morgan fingerprint density at radius 3 is 2.67 bits per heavy atom. The molecule has 2 aliphatic carbocycles. The maximum atomic E-state index is 3.56. The lowest BCUT2D eigenvalue weighted by molar-refractivity contribution is 0.889. The first-order valence-electron chi connectivity index (χ1n) is 6.85. The molecule has 1 heteroatoms. The molecule has 90 valence electrons. The van der Waals surface area contributed by atoms with E-state index < -0.39 is 0 Å². The molecule has 0 radical (unpaired) electrons. The standard InChI is InChI=1S/C17H17N/c1-2-4-16-13(3-1)9-14-10-15(7-8-17(14)16)18-11-12-5-6-12/h1-4,7-8,10,12,18H,5-6,9,11H2. The third kappa shape index (κ3) is 1.71. The summed E-state index contributed by atoms with van der Waals surface area (Å²) in [5.74, 6) is 0.926. The Kier molecular flexibility index (Phi) is 2.19. The average Bonchev–Trinajstić information content (AvgIpc) is 3.16. The first kappa shape index (κ1) is 10.2. The lowest BCUT2D eigenvalue weighted by Crippen LogP contribution is -2.03. The molecule has 1 N–H and O–H groups in total. The quantitative estimate of drug-likeness (QED) is 0.721. The van der Waals surface area contributed by atoms with Gasteiger partial charge in [-0.1, -0.05) is 30.3 Å². The largest absolute Gasteiger partial charge is 0.385 e. The monoisotopic (exact) mass is 235 g/mol. The van der Waals surface area contributed by atoms with E-state index in [0.29, 0.717) is 0 Å². The lowest BCUT2D eigenvalue weighted by atomic mass is 10.1. The van der Waals surface area contributed by atoms with Crippen molar-refractivity contribution in [2.45, 2.75) is 19.3 Å². The van der Waals surface area contributed by atoms with E-state index >= 15 is 0 Å². The molecule has 1 fully saturated rings. The molecule has 0 saturated heterocycles. The topological polar surface area (TPSA) is 12.0 Å². The van der Waals surface area contributed by atoms with Crippen LogP contribution in [0.4, 0.5) is 5.69 Å². The van der Waals surface area contributed by atoms with E-state index in [1.807, 2.05) is 0 Å². The van der Waals surface area contributed by atoms with Gasteiger partial charge in [-0.05, 0) is 59.6 Å². The van der Waals surface area contributed by atoms with Crippen LogP contribution in [0.1, 0.15) is 24.0 Å². The predicted molar refractivity (Wildman–Crippen MR) is 75.9 cm³/mol. The van der Waals surface area contributed by atoms with Crippen LogP contribution < -0.4 is 5.32 Å². The minimum atomic E-state index is 0.926. The molecule has 1 saturated carbocycles. The van der Waals surface area contributed by atoms with Gasteiger partial charge < -0.3 is 5.32 Å². The maximum absolute atomic E-state index is 3.56. The summed E-state index contributed by atoms with van der Waals surface area (Å²) >= 11 is 0. The van der Waals surface area contributed by atoms with E-state index in [2.05, 4.69) is 47.8 Å². The normalized spacial score (nSPS) is 16.2. The molecular weight excluding hydrogens is 218 g/mol. The number of hydrogen-bond acceptors (Lipinski definition) is 1. The molecule has 2 aromatic carbocycles. The third-order valence-corrected chi connectivity index (χ3v) is 4.09. The van der Waals surface area contributed by atoms with Gasteiger partial charge in [0.1, 0.15) is 0 Å². The summed E-state index contributed by atoms with van der Waals surface area (Å²) < 4.78 is 0. The fourth-order valence-corrected chi connectivity index (χ4v) is 2.84. The van der Waals surface area contributed by atoms with E-state index in [1.54, 1.807) is 0 Å². The Morgan fingerprint density at radius 1 is 0.944 bits per heavy atom. The van der Waals surface area contributed by atoms with E-state index in [-0.39, 0.29) is 0 Å². The summed E-state index contributed by atoms with van der Waals surface area (Å²) in [7, 11) is 0. The van der Waals surface area contributed by atoms with Gasteiger partial charge in [0.05, 0.1) is 0 Å². The van der Waals surface area contributed by atoms with Gasteiger partial charge in [-0.2, -0.15) is 0 Å². The van der Waals surface area contributed by atoms with Crippen LogP contribution in [0, 0.1) is 5.92 Å². The molecule has 0 bridgehead atoms. The number of rotatable bonds is 3. The Labute approximate surface area is 108 Å². The second kappa shape index (κ2) is 3.88. The number of fused-ring (bicyclic) bond motifs is 3. The summed E-state index contributed by atoms with van der Waals surface area (Å²) in [5.41, 5.74) is 7.06. The van der Waals surface area contributed by atoms with Crippen LogP contribution in [0.2, 0.25) is 0 Å². The molecule has 0 aromatic heterocycles. The molecule has 0 atom stereocenters. The smallest absolute Gasteiger partial charge is 0.0343 e. The van der Waals surface area contributed by atoms with Crippen molar-refractivity contribution in [1.29, 1.82) is 0 Å². The van der Waals surface area contributed by atoms with Crippen molar-refractivity contribution in [3.8, 4) is 11.1 Å². The van der Waals surface area contributed by atoms with Crippen molar-refractivity contribution in [2.24, 2.45) is 5.92 Å². The Hall–Kier alpha value is -1.76. The summed E-state index contributed by atoms with van der Waals surface area (Å²) in [4.78, 5) is 0. The molecule has 0 heterocycles. The van der Waals surface area contributed by atoms with E-state index in [9.17, 15) is 0 Å². The maximum Gasteiger partial charge on any atom is 0.0343 e. The third-order valence-electron chi connectivity index (χ3n) is 4.09. The SMILES string of the molecule is c1ccc2c(c1)Cc1cc(NCC3CC3)ccc1-2. The van der Waals surface area contributed by atoms with Crippen molar-refractivity contribution >= 4 is 5.69 Å². The van der Waals surface area contributed by atoms with Crippen LogP contribution in [0.15, 0.2) is 42.5 Å². The number of hydrogen-bond donors (Lipinski definition) is 1. The van der Waals surface area contributed by atoms with Crippen molar-refractivity contribution in [3.63, 3.8) is 0 Å². The van der Waals surface area contributed by atoms with Crippen LogP contribution >= 0.6 is 0 Å². The van der Waals surface area contributed by atoms with Gasteiger partial charge in [0.2, 0.25) is 0 Å². The van der Waals surface area contributed by atoms with Crippen LogP contribution in [-0.4, -0.2) is 6.54 Å². The zero-order valence-electron chi connectivity index (χ0n) is 10.4. The minimum absolute atomic E-state index is 0.926. The van der Waals surface area contributed by atoms with Crippen molar-refractivity contribution in [2.75, 3.05) is 11.9 Å². The zero-order chi connectivity index (χ0) is 11.9. The van der Waals surface area contributed by atoms with Gasteiger partial charge in [-0.15, -0.1) is 0 Å². The van der Waals surface area contributed by atoms with Crippen LogP contribution in [0.3, 0.4) is 0 Å². The highest BCUT2D eigenvalue weighted by molar-refractivity contribution is 5.78. The minimum Gasteiger partial charge on any atom is -0.385 e. The van der Waals surface area contributed by atoms with Gasteiger partial charge in [-0.3, -0.25) is 0 Å². The summed E-state index contributed by atoms with van der Waals surface area (Å²) in [6, 6.07) is 15.6. The van der Waals surface area contributed by atoms with Crippen LogP contribution in [-0.2, 0) is 6.42 Å². The Bertz CT molecular complexity index is 596. The lowest BCUT2D eigenvalue weighted by Gasteiger charge is -2.07. The van der Waals surface area contributed by atoms with E-state index in [0.717, 1.165) is 18.9 Å². The molecule has 4 rings (SSSR count). The predicted octanol–water partition coefficient (Wildman–Crippen LogP) is 4.08. The van der Waals surface area contributed by atoms with Gasteiger partial charge in [0, 0.05) is 12.2 Å². The van der Waals surface area contributed by atoms with E-state index in [1.165, 1.54) is 40.8 Å². The van der Waals surface area contributed by atoms with Gasteiger partial charge in [0.15, 0.2) is 0 Å². The second-order valence-corrected chi connectivity index (χ2v) is 5.53. The molecule has 2 aliphatic rings. The van der Waals surface area contributed by atoms with Crippen molar-refractivity contribution < 1.29 is 0 Å². The Morgan fingerprint density at radius 2 is 1.78 bits per heavy atom. The molecule has 0 unspecified atom stereocenters. The van der Waals surface area contributed by atoms with Gasteiger partial charge in [-0.25, -0.2) is 0 Å². The molecule has 1 nitrogen and oxygen atoms in total. The first-order chi connectivity index (χ1) is 8.90. The molecular formula is C17H17N. The summed E-state index contributed by atoms with van der Waals surface area (Å²) in [5, 5.41) is 3.56. The molecule has 0 spiro atoms. The van der Waals surface area contributed by atoms with Gasteiger partial charge in [0.25, 0.3) is 0 Å². The Balaban J connectivity index is 1.63. The van der Waals surface area contributed by atoms with Crippen LogP contribution in [0.25, 0.3) is 11.1 Å². The number of anilines is 1. The highest BCUT2D eigenvalue weighted by Crippen LogP contribution is 2.37. The highest BCUT2D eigenvalue weighted by atomic mass is 14.9. The molecule has 2 aromatic rings. The number of benzene rings is 2. The summed E-state index contributed by atoms with van der Waals surface area (Å²) in [6.45, 7) is 1.14. The van der Waals surface area contributed by atoms with E-state index in [4.69, 9.17) is 0 Å². The molecule has 0 aliphatic heterocycles. The molecule has 0 amide bonds. The zero-order valence-corrected chi connectivity index (χ0v) is 10.4. The summed E-state index contributed by atoms with van der Waals surface area (Å²) in [6.07, 6.45) is 3.90. The first-order valence-corrected chi connectivity index (χ1v) is 6.85. The second-order valence-electron chi connectivity index (χ2n) is 5.53. The van der Waals surface area contributed by atoms with Crippen molar-refractivity contribution in [1.82, 2.24) is 0 Å². The highest BCUT2D eigenvalue weighted by Gasteiger charge is 2.21. The fourth-order valence-electron chi connectivity index (χ4n) is 2.84. The van der Waals surface area contributed by atoms with Crippen LogP contribution in [0.5, 0.6) is 0 Å². The fraction of sp³-hybridized carbons (Fsp3) is 0.294. The molecule has 18 heavy (non-hydrogen) atoms. The van der Waals surface area contributed by atoms with Gasteiger partial charge >= 0.3 is 0 Å². The van der Waals surface area contributed by atoms with Crippen molar-refractivity contribution in [3.05, 3.63) is 53.6 Å². The number of nitrogens with one attached hydrogen (secondary N) is 1. The average molecular weight is 235 g/mol.